The molecule has 9 nitrogen and oxygen atoms in total. The van der Waals surface area contributed by atoms with Gasteiger partial charge in [-0.3, -0.25) is 14.4 Å². The zero-order chi connectivity index (χ0) is 44.0. The summed E-state index contributed by atoms with van der Waals surface area (Å²) in [5.74, 6) is -2.34. The summed E-state index contributed by atoms with van der Waals surface area (Å²) in [5, 5.41) is 22.6. The van der Waals surface area contributed by atoms with Crippen molar-refractivity contribution in [3.8, 4) is 0 Å². The maximum absolute atomic E-state index is 12.8. The summed E-state index contributed by atoms with van der Waals surface area (Å²) >= 11 is 0. The molecule has 0 aliphatic heterocycles. The van der Waals surface area contributed by atoms with Gasteiger partial charge in [0.15, 0.2) is 0 Å². The highest BCUT2D eigenvalue weighted by Crippen LogP contribution is 2.18. The van der Waals surface area contributed by atoms with Crippen molar-refractivity contribution in [1.29, 1.82) is 0 Å². The predicted molar refractivity (Wildman–Crippen MR) is 250 cm³/mol. The number of esters is 1. The Morgan fingerprint density at radius 2 is 0.967 bits per heavy atom. The number of hydrogen-bond donors (Lipinski definition) is 4. The lowest BCUT2D eigenvalue weighted by Gasteiger charge is -2.18. The number of amides is 2. The average Bonchev–Trinajstić information content (AvgIpc) is 3.23. The second-order valence-corrected chi connectivity index (χ2v) is 15.8. The monoisotopic (exact) mass is 839 g/mol. The van der Waals surface area contributed by atoms with Crippen LogP contribution < -0.4 is 10.6 Å². The molecule has 2 unspecified atom stereocenters. The number of aliphatic hydroxyl groups is 1. The Morgan fingerprint density at radius 1 is 0.517 bits per heavy atom. The van der Waals surface area contributed by atoms with Crippen LogP contribution in [0, 0.1) is 0 Å². The second kappa shape index (κ2) is 44.8. The van der Waals surface area contributed by atoms with E-state index in [0.717, 1.165) is 116 Å². The van der Waals surface area contributed by atoms with Crippen molar-refractivity contribution in [2.24, 2.45) is 0 Å². The Labute approximate surface area is 365 Å². The van der Waals surface area contributed by atoms with Gasteiger partial charge in [-0.1, -0.05) is 157 Å². The lowest BCUT2D eigenvalue weighted by molar-refractivity contribution is -0.150. The summed E-state index contributed by atoms with van der Waals surface area (Å²) in [4.78, 5) is 47.7. The molecule has 0 heterocycles. The predicted octanol–water partition coefficient (Wildman–Crippen LogP) is 12.3. The molecule has 0 fully saturated rings. The van der Waals surface area contributed by atoms with Crippen LogP contribution in [-0.2, 0) is 23.9 Å². The van der Waals surface area contributed by atoms with E-state index in [1.165, 1.54) is 51.4 Å². The minimum atomic E-state index is -1.39. The van der Waals surface area contributed by atoms with E-state index in [2.05, 4.69) is 97.4 Å². The van der Waals surface area contributed by atoms with Crippen LogP contribution in [0.3, 0.4) is 0 Å². The van der Waals surface area contributed by atoms with E-state index in [1.54, 1.807) is 0 Å². The topological polar surface area (TPSA) is 142 Å². The third kappa shape index (κ3) is 41.0. The van der Waals surface area contributed by atoms with Crippen molar-refractivity contribution < 1.29 is 34.1 Å². The van der Waals surface area contributed by atoms with E-state index in [0.29, 0.717) is 12.8 Å². The largest absolute Gasteiger partial charge is 0.480 e. The molecule has 60 heavy (non-hydrogen) atoms. The summed E-state index contributed by atoms with van der Waals surface area (Å²) in [6.07, 6.45) is 56.4. The lowest BCUT2D eigenvalue weighted by atomic mass is 10.0. The number of carbonyl (C=O) groups is 4. The van der Waals surface area contributed by atoms with Gasteiger partial charge >= 0.3 is 11.9 Å². The van der Waals surface area contributed by atoms with Gasteiger partial charge in [-0.15, -0.1) is 0 Å². The Kier molecular flexibility index (Phi) is 42.0. The number of nitrogens with one attached hydrogen (secondary N) is 2. The summed E-state index contributed by atoms with van der Waals surface area (Å²) in [6, 6.07) is -1.39. The Bertz CT molecular complexity index is 1240. The minimum absolute atomic E-state index is 0.0589. The van der Waals surface area contributed by atoms with Gasteiger partial charge in [-0.05, 0) is 103 Å². The summed E-state index contributed by atoms with van der Waals surface area (Å²) in [6.45, 7) is 3.35. The second-order valence-electron chi connectivity index (χ2n) is 15.8. The molecule has 0 rings (SSSR count). The van der Waals surface area contributed by atoms with E-state index in [9.17, 15) is 19.2 Å². The molecule has 342 valence electrons. The minimum Gasteiger partial charge on any atom is -0.480 e. The molecule has 0 aromatic rings. The highest BCUT2D eigenvalue weighted by Gasteiger charge is 2.19. The third-order valence-corrected chi connectivity index (χ3v) is 10.2. The van der Waals surface area contributed by atoms with Gasteiger partial charge in [0.1, 0.15) is 12.1 Å². The zero-order valence-corrected chi connectivity index (χ0v) is 37.9. The number of carbonyl (C=O) groups excluding carboxylic acids is 3. The smallest absolute Gasteiger partial charge is 0.328 e. The molecule has 0 aliphatic carbocycles. The number of aliphatic carboxylic acids is 1. The molecular formula is C51H86N2O7. The van der Waals surface area contributed by atoms with Gasteiger partial charge in [0.25, 0.3) is 0 Å². The fourth-order valence-corrected chi connectivity index (χ4v) is 6.57. The van der Waals surface area contributed by atoms with Gasteiger partial charge in [0, 0.05) is 12.8 Å². The van der Waals surface area contributed by atoms with Crippen molar-refractivity contribution >= 4 is 23.8 Å². The van der Waals surface area contributed by atoms with Crippen LogP contribution in [0.1, 0.15) is 200 Å². The maximum Gasteiger partial charge on any atom is 0.328 e. The number of hydrogen-bond acceptors (Lipinski definition) is 6. The molecule has 0 aromatic carbocycles. The average molecular weight is 839 g/mol. The van der Waals surface area contributed by atoms with Crippen LogP contribution in [0.15, 0.2) is 72.9 Å². The fourth-order valence-electron chi connectivity index (χ4n) is 6.57. The van der Waals surface area contributed by atoms with Gasteiger partial charge in [0.05, 0.1) is 13.2 Å². The molecule has 0 saturated carbocycles. The maximum atomic E-state index is 12.8. The highest BCUT2D eigenvalue weighted by molar-refractivity contribution is 5.87. The Balaban J connectivity index is 4.33. The van der Waals surface area contributed by atoms with Crippen molar-refractivity contribution in [3.05, 3.63) is 72.9 Å². The number of aliphatic hydroxyl groups excluding tert-OH is 1. The highest BCUT2D eigenvalue weighted by atomic mass is 16.5. The zero-order valence-electron chi connectivity index (χ0n) is 37.9. The van der Waals surface area contributed by atoms with Gasteiger partial charge in [0.2, 0.25) is 11.8 Å². The summed E-state index contributed by atoms with van der Waals surface area (Å²) < 4.78 is 6.02. The van der Waals surface area contributed by atoms with Crippen LogP contribution in [0.25, 0.3) is 0 Å². The molecule has 0 bridgehead atoms. The van der Waals surface area contributed by atoms with Crippen molar-refractivity contribution in [2.75, 3.05) is 13.2 Å². The number of carboxylic acid groups (broad SMARTS) is 1. The summed E-state index contributed by atoms with van der Waals surface area (Å²) in [5.41, 5.74) is 0. The molecule has 0 radical (unpaired) electrons. The van der Waals surface area contributed by atoms with Crippen LogP contribution in [0.5, 0.6) is 0 Å². The van der Waals surface area contributed by atoms with Crippen molar-refractivity contribution in [1.82, 2.24) is 10.6 Å². The van der Waals surface area contributed by atoms with Gasteiger partial charge < -0.3 is 25.6 Å². The van der Waals surface area contributed by atoms with Crippen molar-refractivity contribution in [3.63, 3.8) is 0 Å². The normalized spacial score (nSPS) is 13.1. The van der Waals surface area contributed by atoms with Gasteiger partial charge in [-0.2, -0.15) is 0 Å². The molecule has 0 aromatic heterocycles. The van der Waals surface area contributed by atoms with E-state index in [1.807, 2.05) is 0 Å². The first-order valence-corrected chi connectivity index (χ1v) is 23.8. The molecule has 2 atom stereocenters. The quantitative estimate of drug-likeness (QED) is 0.0272. The van der Waals surface area contributed by atoms with Crippen LogP contribution >= 0.6 is 0 Å². The number of unbranched alkanes of at least 4 members (excludes halogenated alkanes) is 16. The van der Waals surface area contributed by atoms with E-state index >= 15 is 0 Å². The standard InChI is InChI=1S/C51H86N2O7/c1-3-5-7-9-11-13-15-16-17-18-19-20-21-22-23-24-26-28-30-35-39-43-50(57)60-46(40-36-32-29-27-25-14-12-10-8-6-4-2)41-37-33-31-34-38-42-48(55)52-44-49(56)53-47(45-54)51(58)59/h5,7,11,13,16-17,19-20,22-23,27,29,46-47,54H,3-4,6,8-10,12,14-15,18,21,24-26,28,30-45H2,1-2H3,(H,52,55)(H,53,56)(H,58,59)/b7-5-,13-11-,17-16-,20-19-,23-22-,29-27-. The molecule has 2 amide bonds. The first-order chi connectivity index (χ1) is 29.3. The first kappa shape index (κ1) is 56.3. The number of rotatable bonds is 42. The number of ether oxygens (including phenoxy) is 1. The SMILES string of the molecule is CC/C=C\C/C=C\C/C=C\C/C=C\C/C=C\CCCCCCCC(=O)OC(CCC/C=C\CCCCCCCC)CCCCCCCC(=O)NCC(=O)NC(CO)C(=O)O. The molecule has 0 aliphatic rings. The third-order valence-electron chi connectivity index (χ3n) is 10.2. The van der Waals surface area contributed by atoms with Crippen LogP contribution in [0.4, 0.5) is 0 Å². The van der Waals surface area contributed by atoms with Crippen LogP contribution in [0.2, 0.25) is 0 Å². The Hall–Kier alpha value is -3.72. The van der Waals surface area contributed by atoms with E-state index in [4.69, 9.17) is 14.9 Å². The lowest BCUT2D eigenvalue weighted by Crippen LogP contribution is -2.47. The molecule has 9 heteroatoms. The Morgan fingerprint density at radius 3 is 1.52 bits per heavy atom. The van der Waals surface area contributed by atoms with E-state index in [-0.39, 0.29) is 30.9 Å². The first-order valence-electron chi connectivity index (χ1n) is 23.8. The van der Waals surface area contributed by atoms with Crippen LogP contribution in [-0.4, -0.2) is 59.3 Å². The molecular weight excluding hydrogens is 753 g/mol. The summed E-state index contributed by atoms with van der Waals surface area (Å²) in [7, 11) is 0. The van der Waals surface area contributed by atoms with Gasteiger partial charge in [-0.25, -0.2) is 4.79 Å². The van der Waals surface area contributed by atoms with Crippen molar-refractivity contribution in [2.45, 2.75) is 212 Å². The number of carboxylic acids is 1. The number of allylic oxidation sites excluding steroid dienone is 12. The molecule has 4 N–H and O–H groups in total. The molecule has 0 saturated heterocycles. The molecule has 0 spiro atoms. The fraction of sp³-hybridized carbons (Fsp3) is 0.686. The van der Waals surface area contributed by atoms with E-state index < -0.39 is 24.5 Å².